The van der Waals surface area contributed by atoms with Crippen molar-refractivity contribution < 1.29 is 0 Å². The van der Waals surface area contributed by atoms with Gasteiger partial charge >= 0.3 is 0 Å². The normalized spacial score (nSPS) is 12.9. The molecule has 1 N–H and O–H groups in total. The Morgan fingerprint density at radius 2 is 2.15 bits per heavy atom. The van der Waals surface area contributed by atoms with Gasteiger partial charge in [-0.25, -0.2) is 0 Å². The standard InChI is InChI=1S/C15H21BrN4/c1-5-17-14(13-8-11(4)6-7-18-13)15-12(16)9-19-20(15)10(2)3/h6-10,14,17H,5H2,1-4H3. The van der Waals surface area contributed by atoms with Crippen molar-refractivity contribution in [3.05, 3.63) is 46.0 Å². The van der Waals surface area contributed by atoms with Gasteiger partial charge in [-0.1, -0.05) is 6.92 Å². The average molecular weight is 337 g/mol. The zero-order chi connectivity index (χ0) is 14.7. The van der Waals surface area contributed by atoms with Crippen molar-refractivity contribution in [3.63, 3.8) is 0 Å². The molecule has 0 saturated heterocycles. The average Bonchev–Trinajstić information content (AvgIpc) is 2.78. The van der Waals surface area contributed by atoms with Crippen molar-refractivity contribution in [3.8, 4) is 0 Å². The summed E-state index contributed by atoms with van der Waals surface area (Å²) in [6.07, 6.45) is 3.72. The lowest BCUT2D eigenvalue weighted by Gasteiger charge is -2.21. The Morgan fingerprint density at radius 1 is 1.40 bits per heavy atom. The van der Waals surface area contributed by atoms with Crippen molar-refractivity contribution in [1.29, 1.82) is 0 Å². The molecule has 0 saturated carbocycles. The predicted octanol–water partition coefficient (Wildman–Crippen LogP) is 3.63. The second-order valence-electron chi connectivity index (χ2n) is 5.16. The van der Waals surface area contributed by atoms with E-state index in [9.17, 15) is 0 Å². The third-order valence-electron chi connectivity index (χ3n) is 3.19. The summed E-state index contributed by atoms with van der Waals surface area (Å²) in [5.74, 6) is 0. The first-order valence-electron chi connectivity index (χ1n) is 6.93. The van der Waals surface area contributed by atoms with Gasteiger partial charge in [0.25, 0.3) is 0 Å². The molecule has 108 valence electrons. The molecule has 0 aliphatic carbocycles. The van der Waals surface area contributed by atoms with E-state index < -0.39 is 0 Å². The molecule has 2 rings (SSSR count). The van der Waals surface area contributed by atoms with Crippen LogP contribution in [0.1, 0.15) is 49.8 Å². The maximum Gasteiger partial charge on any atom is 0.0933 e. The smallest absolute Gasteiger partial charge is 0.0933 e. The Kier molecular flexibility index (Phi) is 4.94. The Labute approximate surface area is 128 Å². The topological polar surface area (TPSA) is 42.7 Å². The number of aryl methyl sites for hydroxylation is 1. The number of nitrogens with one attached hydrogen (secondary N) is 1. The fourth-order valence-electron chi connectivity index (χ4n) is 2.30. The zero-order valence-electron chi connectivity index (χ0n) is 12.4. The number of hydrogen-bond acceptors (Lipinski definition) is 3. The minimum Gasteiger partial charge on any atom is -0.304 e. The maximum absolute atomic E-state index is 4.53. The van der Waals surface area contributed by atoms with Crippen LogP contribution >= 0.6 is 15.9 Å². The summed E-state index contributed by atoms with van der Waals surface area (Å²) in [5.41, 5.74) is 3.36. The van der Waals surface area contributed by atoms with Crippen LogP contribution in [0.4, 0.5) is 0 Å². The van der Waals surface area contributed by atoms with Crippen LogP contribution in [0.3, 0.4) is 0 Å². The second kappa shape index (κ2) is 6.50. The van der Waals surface area contributed by atoms with E-state index >= 15 is 0 Å². The highest BCUT2D eigenvalue weighted by Gasteiger charge is 2.23. The van der Waals surface area contributed by atoms with E-state index in [-0.39, 0.29) is 6.04 Å². The second-order valence-corrected chi connectivity index (χ2v) is 6.02. The Hall–Kier alpha value is -1.20. The minimum absolute atomic E-state index is 0.0409. The van der Waals surface area contributed by atoms with Crippen LogP contribution in [-0.4, -0.2) is 21.3 Å². The van der Waals surface area contributed by atoms with E-state index in [0.29, 0.717) is 6.04 Å². The van der Waals surface area contributed by atoms with Crippen molar-refractivity contribution in [1.82, 2.24) is 20.1 Å². The van der Waals surface area contributed by atoms with E-state index in [2.05, 4.69) is 65.1 Å². The third kappa shape index (κ3) is 3.10. The van der Waals surface area contributed by atoms with Crippen molar-refractivity contribution >= 4 is 15.9 Å². The number of pyridine rings is 1. The van der Waals surface area contributed by atoms with Crippen LogP contribution in [0.2, 0.25) is 0 Å². The highest BCUT2D eigenvalue weighted by molar-refractivity contribution is 9.10. The lowest BCUT2D eigenvalue weighted by Crippen LogP contribution is -2.26. The minimum atomic E-state index is 0.0409. The molecule has 0 aromatic carbocycles. The van der Waals surface area contributed by atoms with Gasteiger partial charge in [-0.05, 0) is 60.9 Å². The lowest BCUT2D eigenvalue weighted by molar-refractivity contribution is 0.471. The molecule has 5 heteroatoms. The fraction of sp³-hybridized carbons (Fsp3) is 0.467. The third-order valence-corrected chi connectivity index (χ3v) is 3.80. The molecule has 0 aliphatic heterocycles. The molecule has 4 nitrogen and oxygen atoms in total. The first-order chi connectivity index (χ1) is 9.54. The summed E-state index contributed by atoms with van der Waals surface area (Å²) < 4.78 is 3.06. The van der Waals surface area contributed by atoms with Crippen LogP contribution < -0.4 is 5.32 Å². The Morgan fingerprint density at radius 3 is 2.75 bits per heavy atom. The zero-order valence-corrected chi connectivity index (χ0v) is 14.0. The molecule has 1 atom stereocenters. The number of nitrogens with zero attached hydrogens (tertiary/aromatic N) is 3. The van der Waals surface area contributed by atoms with Crippen LogP contribution in [-0.2, 0) is 0 Å². The summed E-state index contributed by atoms with van der Waals surface area (Å²) >= 11 is 3.62. The van der Waals surface area contributed by atoms with Crippen LogP contribution in [0.15, 0.2) is 29.0 Å². The van der Waals surface area contributed by atoms with E-state index in [1.165, 1.54) is 5.56 Å². The molecule has 0 bridgehead atoms. The van der Waals surface area contributed by atoms with Gasteiger partial charge in [0.1, 0.15) is 0 Å². The Bertz CT molecular complexity index is 577. The quantitative estimate of drug-likeness (QED) is 0.906. The molecule has 2 aromatic rings. The molecule has 2 heterocycles. The largest absolute Gasteiger partial charge is 0.304 e. The van der Waals surface area contributed by atoms with Gasteiger partial charge in [-0.3, -0.25) is 9.67 Å². The summed E-state index contributed by atoms with van der Waals surface area (Å²) in [6.45, 7) is 9.33. The molecule has 0 amide bonds. The van der Waals surface area contributed by atoms with Gasteiger partial charge in [-0.2, -0.15) is 5.10 Å². The van der Waals surface area contributed by atoms with Gasteiger partial charge in [-0.15, -0.1) is 0 Å². The highest BCUT2D eigenvalue weighted by atomic mass is 79.9. The molecule has 2 aromatic heterocycles. The number of halogens is 1. The van der Waals surface area contributed by atoms with Crippen LogP contribution in [0.5, 0.6) is 0 Å². The number of rotatable bonds is 5. The van der Waals surface area contributed by atoms with E-state index in [1.807, 2.05) is 23.1 Å². The molecule has 0 aliphatic rings. The molecular formula is C15H21BrN4. The number of aromatic nitrogens is 3. The van der Waals surface area contributed by atoms with Gasteiger partial charge in [0, 0.05) is 12.2 Å². The molecule has 0 fully saturated rings. The summed E-state index contributed by atoms with van der Waals surface area (Å²) in [4.78, 5) is 4.53. The first kappa shape index (κ1) is 15.2. The van der Waals surface area contributed by atoms with E-state index in [0.717, 1.165) is 22.4 Å². The first-order valence-corrected chi connectivity index (χ1v) is 7.72. The molecule has 0 spiro atoms. The van der Waals surface area contributed by atoms with Crippen molar-refractivity contribution in [2.24, 2.45) is 0 Å². The lowest BCUT2D eigenvalue weighted by atomic mass is 10.1. The monoisotopic (exact) mass is 336 g/mol. The van der Waals surface area contributed by atoms with Gasteiger partial charge in [0.2, 0.25) is 0 Å². The summed E-state index contributed by atoms with van der Waals surface area (Å²) in [7, 11) is 0. The highest BCUT2D eigenvalue weighted by Crippen LogP contribution is 2.29. The fourth-order valence-corrected chi connectivity index (χ4v) is 2.80. The summed E-state index contributed by atoms with van der Waals surface area (Å²) in [5, 5.41) is 7.98. The maximum atomic E-state index is 4.53. The number of hydrogen-bond donors (Lipinski definition) is 1. The summed E-state index contributed by atoms with van der Waals surface area (Å²) in [6, 6.07) is 4.49. The molecule has 0 radical (unpaired) electrons. The van der Waals surface area contributed by atoms with E-state index in [4.69, 9.17) is 0 Å². The van der Waals surface area contributed by atoms with Crippen LogP contribution in [0.25, 0.3) is 0 Å². The van der Waals surface area contributed by atoms with Gasteiger partial charge in [0.05, 0.1) is 28.1 Å². The Balaban J connectivity index is 2.51. The van der Waals surface area contributed by atoms with Crippen molar-refractivity contribution in [2.75, 3.05) is 6.54 Å². The predicted molar refractivity (Wildman–Crippen MR) is 84.8 cm³/mol. The van der Waals surface area contributed by atoms with E-state index in [1.54, 1.807) is 0 Å². The molecular weight excluding hydrogens is 316 g/mol. The van der Waals surface area contributed by atoms with Crippen molar-refractivity contribution in [2.45, 2.75) is 39.8 Å². The SMILES string of the molecule is CCNC(c1cc(C)ccn1)c1c(Br)cnn1C(C)C. The van der Waals surface area contributed by atoms with Gasteiger partial charge in [0.15, 0.2) is 0 Å². The molecule has 20 heavy (non-hydrogen) atoms. The molecule has 1 unspecified atom stereocenters. The van der Waals surface area contributed by atoms with Crippen LogP contribution in [0, 0.1) is 6.92 Å². The van der Waals surface area contributed by atoms with Gasteiger partial charge < -0.3 is 5.32 Å².